The zero-order valence-electron chi connectivity index (χ0n) is 13.2. The van der Waals surface area contributed by atoms with Gasteiger partial charge in [-0.3, -0.25) is 0 Å². The number of thioether (sulfide) groups is 1. The van der Waals surface area contributed by atoms with Crippen LogP contribution in [0, 0.1) is 12.7 Å². The van der Waals surface area contributed by atoms with E-state index >= 15 is 0 Å². The molecule has 0 aliphatic heterocycles. The van der Waals surface area contributed by atoms with Gasteiger partial charge in [0.05, 0.1) is 12.3 Å². The third-order valence-corrected chi connectivity index (χ3v) is 4.33. The first-order chi connectivity index (χ1) is 11.7. The summed E-state index contributed by atoms with van der Waals surface area (Å²) in [5.41, 5.74) is 2.13. The summed E-state index contributed by atoms with van der Waals surface area (Å²) in [6.45, 7) is 2.60. The molecule has 3 rings (SSSR count). The lowest BCUT2D eigenvalue weighted by molar-refractivity contribution is 0.318. The van der Waals surface area contributed by atoms with Crippen molar-refractivity contribution in [2.75, 3.05) is 12.4 Å². The predicted octanol–water partition coefficient (Wildman–Crippen LogP) is 3.67. The van der Waals surface area contributed by atoms with Gasteiger partial charge in [0.25, 0.3) is 0 Å². The Kier molecular flexibility index (Phi) is 5.43. The van der Waals surface area contributed by atoms with Crippen molar-refractivity contribution in [2.45, 2.75) is 18.5 Å². The minimum Gasteiger partial charge on any atom is -0.494 e. The molecule has 0 saturated heterocycles. The second kappa shape index (κ2) is 7.92. The smallest absolute Gasteiger partial charge is 0.214 e. The Labute approximate surface area is 143 Å². The average molecular weight is 344 g/mol. The molecule has 0 bridgehead atoms. The van der Waals surface area contributed by atoms with E-state index in [0.29, 0.717) is 12.4 Å². The molecule has 2 aromatic carbocycles. The molecular formula is C17H17FN4OS. The molecule has 1 aromatic heterocycles. The second-order valence-corrected chi connectivity index (χ2v) is 6.28. The standard InChI is InChI=1S/C17H17FN4OS/c1-13-3-7-15(8-4-13)22-17(19-20-21-22)24-12-2-11-23-16-9-5-14(18)6-10-16/h3-10H,2,11-12H2,1H3. The first-order valence-electron chi connectivity index (χ1n) is 7.59. The maximum absolute atomic E-state index is 12.8. The van der Waals surface area contributed by atoms with Gasteiger partial charge in [-0.25, -0.2) is 4.39 Å². The van der Waals surface area contributed by atoms with Crippen molar-refractivity contribution in [1.82, 2.24) is 20.2 Å². The number of hydrogen-bond donors (Lipinski definition) is 0. The summed E-state index contributed by atoms with van der Waals surface area (Å²) in [5, 5.41) is 12.6. The normalized spacial score (nSPS) is 10.8. The molecule has 0 N–H and O–H groups in total. The monoisotopic (exact) mass is 344 g/mol. The molecule has 0 saturated carbocycles. The fourth-order valence-corrected chi connectivity index (χ4v) is 2.86. The van der Waals surface area contributed by atoms with E-state index in [1.165, 1.54) is 17.7 Å². The van der Waals surface area contributed by atoms with Crippen molar-refractivity contribution in [3.63, 3.8) is 0 Å². The molecule has 0 fully saturated rings. The summed E-state index contributed by atoms with van der Waals surface area (Å²) in [7, 11) is 0. The third-order valence-electron chi connectivity index (χ3n) is 3.32. The van der Waals surface area contributed by atoms with Crippen LogP contribution in [-0.2, 0) is 0 Å². The molecule has 7 heteroatoms. The topological polar surface area (TPSA) is 52.8 Å². The van der Waals surface area contributed by atoms with Gasteiger partial charge in [0.15, 0.2) is 0 Å². The largest absolute Gasteiger partial charge is 0.494 e. The van der Waals surface area contributed by atoms with Crippen molar-refractivity contribution in [3.05, 3.63) is 59.9 Å². The number of hydrogen-bond acceptors (Lipinski definition) is 5. The lowest BCUT2D eigenvalue weighted by atomic mass is 10.2. The highest BCUT2D eigenvalue weighted by Gasteiger charge is 2.08. The second-order valence-electron chi connectivity index (χ2n) is 5.21. The molecule has 3 aromatic rings. The van der Waals surface area contributed by atoms with Crippen molar-refractivity contribution in [3.8, 4) is 11.4 Å². The highest BCUT2D eigenvalue weighted by Crippen LogP contribution is 2.19. The molecule has 0 unspecified atom stereocenters. The van der Waals surface area contributed by atoms with Gasteiger partial charge in [-0.1, -0.05) is 29.5 Å². The summed E-state index contributed by atoms with van der Waals surface area (Å²) in [5.74, 6) is 1.24. The van der Waals surface area contributed by atoms with Crippen LogP contribution in [0.15, 0.2) is 53.7 Å². The molecular weight excluding hydrogens is 327 g/mol. The predicted molar refractivity (Wildman–Crippen MR) is 91.1 cm³/mol. The first kappa shape index (κ1) is 16.4. The molecule has 24 heavy (non-hydrogen) atoms. The Morgan fingerprint density at radius 1 is 1.08 bits per heavy atom. The highest BCUT2D eigenvalue weighted by molar-refractivity contribution is 7.99. The first-order valence-corrected chi connectivity index (χ1v) is 8.57. The van der Waals surface area contributed by atoms with Gasteiger partial charge in [-0.2, -0.15) is 4.68 Å². The Balaban J connectivity index is 1.48. The molecule has 5 nitrogen and oxygen atoms in total. The lowest BCUT2D eigenvalue weighted by Gasteiger charge is -2.06. The van der Waals surface area contributed by atoms with E-state index in [2.05, 4.69) is 15.5 Å². The molecule has 0 aliphatic rings. The Morgan fingerprint density at radius 3 is 2.58 bits per heavy atom. The number of aryl methyl sites for hydroxylation is 1. The Hall–Kier alpha value is -2.41. The fraction of sp³-hybridized carbons (Fsp3) is 0.235. The maximum Gasteiger partial charge on any atom is 0.214 e. The Bertz CT molecular complexity index is 774. The summed E-state index contributed by atoms with van der Waals surface area (Å²) in [6.07, 6.45) is 0.836. The van der Waals surface area contributed by atoms with Gasteiger partial charge in [0.1, 0.15) is 11.6 Å². The minimum absolute atomic E-state index is 0.263. The summed E-state index contributed by atoms with van der Waals surface area (Å²) in [6, 6.07) is 14.1. The highest BCUT2D eigenvalue weighted by atomic mass is 32.2. The molecule has 0 spiro atoms. The van der Waals surface area contributed by atoms with E-state index in [-0.39, 0.29) is 5.82 Å². The van der Waals surface area contributed by atoms with Gasteiger partial charge in [-0.05, 0) is 60.2 Å². The van der Waals surface area contributed by atoms with E-state index in [9.17, 15) is 4.39 Å². The van der Waals surface area contributed by atoms with Gasteiger partial charge < -0.3 is 4.74 Å². The van der Waals surface area contributed by atoms with E-state index in [4.69, 9.17) is 4.74 Å². The zero-order valence-corrected chi connectivity index (χ0v) is 14.0. The van der Waals surface area contributed by atoms with Gasteiger partial charge in [0.2, 0.25) is 5.16 Å². The van der Waals surface area contributed by atoms with Crippen LogP contribution in [-0.4, -0.2) is 32.6 Å². The maximum atomic E-state index is 12.8. The molecule has 0 aliphatic carbocycles. The van der Waals surface area contributed by atoms with Crippen LogP contribution in [0.3, 0.4) is 0 Å². The van der Waals surface area contributed by atoms with Crippen molar-refractivity contribution < 1.29 is 9.13 Å². The lowest BCUT2D eigenvalue weighted by Crippen LogP contribution is -2.01. The van der Waals surface area contributed by atoms with Gasteiger partial charge >= 0.3 is 0 Å². The number of nitrogens with zero attached hydrogens (tertiary/aromatic N) is 4. The van der Waals surface area contributed by atoms with Crippen LogP contribution in [0.2, 0.25) is 0 Å². The van der Waals surface area contributed by atoms with Crippen molar-refractivity contribution in [2.24, 2.45) is 0 Å². The van der Waals surface area contributed by atoms with Crippen molar-refractivity contribution >= 4 is 11.8 Å². The quantitative estimate of drug-likeness (QED) is 0.483. The number of aromatic nitrogens is 4. The number of rotatable bonds is 7. The molecule has 0 radical (unpaired) electrons. The van der Waals surface area contributed by atoms with Crippen LogP contribution >= 0.6 is 11.8 Å². The van der Waals surface area contributed by atoms with Gasteiger partial charge in [0, 0.05) is 5.75 Å². The van der Waals surface area contributed by atoms with E-state index in [0.717, 1.165) is 23.0 Å². The fourth-order valence-electron chi connectivity index (χ4n) is 2.06. The van der Waals surface area contributed by atoms with Gasteiger partial charge in [-0.15, -0.1) is 5.10 Å². The van der Waals surface area contributed by atoms with E-state index in [1.807, 2.05) is 31.2 Å². The summed E-state index contributed by atoms with van der Waals surface area (Å²) >= 11 is 1.58. The number of tetrazole rings is 1. The molecule has 1 heterocycles. The number of halogens is 1. The van der Waals surface area contributed by atoms with Crippen LogP contribution in [0.25, 0.3) is 5.69 Å². The number of benzene rings is 2. The third kappa shape index (κ3) is 4.32. The van der Waals surface area contributed by atoms with Crippen LogP contribution < -0.4 is 4.74 Å². The molecule has 0 atom stereocenters. The van der Waals surface area contributed by atoms with Crippen molar-refractivity contribution in [1.29, 1.82) is 0 Å². The molecule has 124 valence electrons. The van der Waals surface area contributed by atoms with Crippen LogP contribution in [0.1, 0.15) is 12.0 Å². The zero-order chi connectivity index (χ0) is 16.8. The van der Waals surface area contributed by atoms with Crippen LogP contribution in [0.4, 0.5) is 4.39 Å². The average Bonchev–Trinajstić information content (AvgIpc) is 3.05. The molecule has 0 amide bonds. The summed E-state index contributed by atoms with van der Waals surface area (Å²) in [4.78, 5) is 0. The number of ether oxygens (including phenoxy) is 1. The van der Waals surface area contributed by atoms with E-state index in [1.54, 1.807) is 28.6 Å². The minimum atomic E-state index is -0.263. The van der Waals surface area contributed by atoms with Crippen LogP contribution in [0.5, 0.6) is 5.75 Å². The van der Waals surface area contributed by atoms with E-state index < -0.39 is 0 Å². The Morgan fingerprint density at radius 2 is 1.83 bits per heavy atom. The SMILES string of the molecule is Cc1ccc(-n2nnnc2SCCCOc2ccc(F)cc2)cc1. The summed E-state index contributed by atoms with van der Waals surface area (Å²) < 4.78 is 20.1.